The number of fused-ring (bicyclic) bond motifs is 1. The van der Waals surface area contributed by atoms with Gasteiger partial charge < -0.3 is 14.0 Å². The van der Waals surface area contributed by atoms with Gasteiger partial charge in [-0.1, -0.05) is 6.92 Å². The molecule has 8 nitrogen and oxygen atoms in total. The van der Waals surface area contributed by atoms with Gasteiger partial charge in [0, 0.05) is 31.5 Å². The van der Waals surface area contributed by atoms with Crippen LogP contribution in [0.5, 0.6) is 5.75 Å². The molecule has 0 bridgehead atoms. The molecular formula is C26H30N6O2. The topological polar surface area (TPSA) is 79.4 Å². The zero-order chi connectivity index (χ0) is 23.5. The molecule has 1 unspecified atom stereocenters. The van der Waals surface area contributed by atoms with E-state index >= 15 is 0 Å². The highest BCUT2D eigenvalue weighted by atomic mass is 16.5. The summed E-state index contributed by atoms with van der Waals surface area (Å²) in [6.07, 6.45) is 9.90. The quantitative estimate of drug-likeness (QED) is 0.433. The van der Waals surface area contributed by atoms with E-state index in [1.807, 2.05) is 31.4 Å². The van der Waals surface area contributed by atoms with Crippen molar-refractivity contribution in [1.82, 2.24) is 24.3 Å². The van der Waals surface area contributed by atoms with Crippen LogP contribution in [0.25, 0.3) is 22.4 Å². The molecule has 1 aliphatic rings. The highest BCUT2D eigenvalue weighted by Gasteiger charge is 2.17. The molecule has 0 radical (unpaired) electrons. The average Bonchev–Trinajstić information content (AvgIpc) is 3.31. The minimum atomic E-state index is 0.124. The van der Waals surface area contributed by atoms with Gasteiger partial charge >= 0.3 is 0 Å². The molecule has 34 heavy (non-hydrogen) atoms. The monoisotopic (exact) mass is 458 g/mol. The van der Waals surface area contributed by atoms with Crippen LogP contribution in [0, 0.1) is 0 Å². The van der Waals surface area contributed by atoms with Crippen molar-refractivity contribution in [2.75, 3.05) is 13.7 Å². The zero-order valence-corrected chi connectivity index (χ0v) is 19.9. The number of rotatable bonds is 6. The molecule has 0 spiro atoms. The number of hydrogen-bond donors (Lipinski definition) is 0. The summed E-state index contributed by atoms with van der Waals surface area (Å²) >= 11 is 0. The van der Waals surface area contributed by atoms with Gasteiger partial charge in [-0.15, -0.1) is 0 Å². The van der Waals surface area contributed by atoms with Crippen molar-refractivity contribution in [3.63, 3.8) is 0 Å². The molecule has 1 saturated heterocycles. The number of aryl methyl sites for hydroxylation is 2. The molecular weight excluding hydrogens is 428 g/mol. The molecule has 4 heterocycles. The summed E-state index contributed by atoms with van der Waals surface area (Å²) < 4.78 is 15.5. The van der Waals surface area contributed by atoms with Gasteiger partial charge in [0.05, 0.1) is 43.5 Å². The van der Waals surface area contributed by atoms with Crippen LogP contribution in [0.3, 0.4) is 0 Å². The standard InChI is InChI=1S/C26H30N6O2/c1-4-18-11-20(13-22(12-18)33-3)29-25-9-8-23-26(32(25)17-21-7-5-6-10-34-21)30-24(15-27-23)19-14-28-31(2)16-19/h8-9,11-16,21H,4-7,10,17H2,1-3H3. The van der Waals surface area contributed by atoms with Gasteiger partial charge in [-0.2, -0.15) is 5.10 Å². The third-order valence-corrected chi connectivity index (χ3v) is 6.20. The Hall–Kier alpha value is -3.52. The maximum atomic E-state index is 6.08. The lowest BCUT2D eigenvalue weighted by atomic mass is 10.1. The van der Waals surface area contributed by atoms with Crippen LogP contribution in [0.2, 0.25) is 0 Å². The average molecular weight is 459 g/mol. The van der Waals surface area contributed by atoms with E-state index in [4.69, 9.17) is 24.4 Å². The highest BCUT2D eigenvalue weighted by Crippen LogP contribution is 2.24. The second-order valence-corrected chi connectivity index (χ2v) is 8.66. The Balaban J connectivity index is 1.68. The summed E-state index contributed by atoms with van der Waals surface area (Å²) in [4.78, 5) is 14.7. The maximum absolute atomic E-state index is 6.08. The van der Waals surface area contributed by atoms with E-state index in [1.165, 1.54) is 12.0 Å². The summed E-state index contributed by atoms with van der Waals surface area (Å²) in [5.41, 5.74) is 6.17. The molecule has 0 aliphatic carbocycles. The molecule has 1 fully saturated rings. The largest absolute Gasteiger partial charge is 0.497 e. The minimum Gasteiger partial charge on any atom is -0.497 e. The first-order chi connectivity index (χ1) is 16.6. The van der Waals surface area contributed by atoms with Crippen LogP contribution >= 0.6 is 0 Å². The number of hydrogen-bond acceptors (Lipinski definition) is 6. The molecule has 176 valence electrons. The van der Waals surface area contributed by atoms with Crippen LogP contribution in [-0.2, 0) is 24.8 Å². The molecule has 8 heteroatoms. The SMILES string of the molecule is CCc1cc(N=c2ccc3ncc(-c4cnn(C)c4)nc3n2CC2CCCCO2)cc(OC)c1. The Bertz CT molecular complexity index is 1350. The van der Waals surface area contributed by atoms with Crippen molar-refractivity contribution >= 4 is 16.9 Å². The van der Waals surface area contributed by atoms with Crippen LogP contribution in [0.4, 0.5) is 5.69 Å². The fourth-order valence-corrected chi connectivity index (χ4v) is 4.34. The Kier molecular flexibility index (Phi) is 6.40. The van der Waals surface area contributed by atoms with Gasteiger partial charge in [-0.05, 0) is 55.5 Å². The summed E-state index contributed by atoms with van der Waals surface area (Å²) in [6, 6.07) is 10.1. The van der Waals surface area contributed by atoms with Gasteiger partial charge in [0.2, 0.25) is 0 Å². The predicted octanol–water partition coefficient (Wildman–Crippen LogP) is 4.20. The maximum Gasteiger partial charge on any atom is 0.160 e. The summed E-state index contributed by atoms with van der Waals surface area (Å²) in [7, 11) is 3.58. The summed E-state index contributed by atoms with van der Waals surface area (Å²) in [5, 5.41) is 4.29. The fraction of sp³-hybridized carbons (Fsp3) is 0.385. The van der Waals surface area contributed by atoms with Gasteiger partial charge in [0.15, 0.2) is 5.65 Å². The Morgan fingerprint density at radius 2 is 2.09 bits per heavy atom. The van der Waals surface area contributed by atoms with Crippen molar-refractivity contribution < 1.29 is 9.47 Å². The van der Waals surface area contributed by atoms with E-state index in [-0.39, 0.29) is 6.10 Å². The zero-order valence-electron chi connectivity index (χ0n) is 19.9. The normalized spacial score (nSPS) is 16.8. The van der Waals surface area contributed by atoms with Crippen LogP contribution in [0.1, 0.15) is 31.7 Å². The number of nitrogens with zero attached hydrogens (tertiary/aromatic N) is 6. The molecule has 1 atom stereocenters. The number of aromatic nitrogens is 5. The third-order valence-electron chi connectivity index (χ3n) is 6.20. The molecule has 1 aliphatic heterocycles. The van der Waals surface area contributed by atoms with Crippen molar-refractivity contribution in [2.45, 2.75) is 45.3 Å². The van der Waals surface area contributed by atoms with Gasteiger partial charge in [0.25, 0.3) is 0 Å². The first kappa shape index (κ1) is 22.3. The molecule has 3 aromatic heterocycles. The third kappa shape index (κ3) is 4.72. The van der Waals surface area contributed by atoms with E-state index in [2.05, 4.69) is 28.7 Å². The van der Waals surface area contributed by atoms with Crippen molar-refractivity contribution in [3.8, 4) is 17.0 Å². The fourth-order valence-electron chi connectivity index (χ4n) is 4.34. The van der Waals surface area contributed by atoms with E-state index in [0.717, 1.165) is 65.2 Å². The second kappa shape index (κ2) is 9.77. The number of methoxy groups -OCH3 is 1. The molecule has 4 aromatic rings. The highest BCUT2D eigenvalue weighted by molar-refractivity contribution is 5.73. The van der Waals surface area contributed by atoms with Crippen molar-refractivity contribution in [1.29, 1.82) is 0 Å². The lowest BCUT2D eigenvalue weighted by Crippen LogP contribution is -2.31. The molecule has 0 amide bonds. The van der Waals surface area contributed by atoms with Crippen LogP contribution in [0.15, 0.2) is 53.9 Å². The van der Waals surface area contributed by atoms with Gasteiger partial charge in [-0.3, -0.25) is 9.67 Å². The number of ether oxygens (including phenoxy) is 2. The van der Waals surface area contributed by atoms with Crippen molar-refractivity contribution in [3.05, 3.63) is 60.0 Å². The summed E-state index contributed by atoms with van der Waals surface area (Å²) in [6.45, 7) is 3.60. The number of pyridine rings is 1. The lowest BCUT2D eigenvalue weighted by molar-refractivity contribution is 0.00596. The van der Waals surface area contributed by atoms with E-state index in [0.29, 0.717) is 6.54 Å². The molecule has 5 rings (SSSR count). The Morgan fingerprint density at radius 3 is 2.82 bits per heavy atom. The lowest BCUT2D eigenvalue weighted by Gasteiger charge is -2.24. The summed E-state index contributed by atoms with van der Waals surface area (Å²) in [5.74, 6) is 0.805. The first-order valence-corrected chi connectivity index (χ1v) is 11.8. The predicted molar refractivity (Wildman–Crippen MR) is 131 cm³/mol. The Morgan fingerprint density at radius 1 is 1.18 bits per heavy atom. The Labute approximate surface area is 198 Å². The van der Waals surface area contributed by atoms with Crippen LogP contribution in [-0.4, -0.2) is 44.1 Å². The van der Waals surface area contributed by atoms with E-state index in [9.17, 15) is 0 Å². The minimum absolute atomic E-state index is 0.124. The first-order valence-electron chi connectivity index (χ1n) is 11.8. The smallest absolute Gasteiger partial charge is 0.160 e. The van der Waals surface area contributed by atoms with Crippen molar-refractivity contribution in [2.24, 2.45) is 12.0 Å². The molecule has 0 N–H and O–H groups in total. The second-order valence-electron chi connectivity index (χ2n) is 8.66. The van der Waals surface area contributed by atoms with Gasteiger partial charge in [-0.25, -0.2) is 9.98 Å². The van der Waals surface area contributed by atoms with Gasteiger partial charge in [0.1, 0.15) is 16.8 Å². The molecule has 0 saturated carbocycles. The van der Waals surface area contributed by atoms with E-state index in [1.54, 1.807) is 24.2 Å². The van der Waals surface area contributed by atoms with Crippen LogP contribution < -0.4 is 10.2 Å². The number of benzene rings is 1. The van der Waals surface area contributed by atoms with E-state index < -0.39 is 0 Å². The molecule has 1 aromatic carbocycles.